The van der Waals surface area contributed by atoms with E-state index in [1.54, 1.807) is 17.9 Å². The minimum Gasteiger partial charge on any atom is -0.489 e. The molecule has 0 saturated heterocycles. The summed E-state index contributed by atoms with van der Waals surface area (Å²) in [5.74, 6) is -0.934. The number of hydrogen-bond donors (Lipinski definition) is 1. The van der Waals surface area contributed by atoms with Crippen molar-refractivity contribution in [2.45, 2.75) is 4.90 Å². The zero-order valence-corrected chi connectivity index (χ0v) is 12.1. The van der Waals surface area contributed by atoms with Crippen molar-refractivity contribution in [3.63, 3.8) is 0 Å². The number of rotatable bonds is 6. The molecule has 0 aliphatic rings. The van der Waals surface area contributed by atoms with E-state index >= 15 is 0 Å². The Morgan fingerprint density at radius 2 is 2.19 bits per heavy atom. The lowest BCUT2D eigenvalue weighted by atomic mass is 10.2. The van der Waals surface area contributed by atoms with E-state index in [2.05, 4.69) is 5.10 Å². The molecule has 21 heavy (non-hydrogen) atoms. The van der Waals surface area contributed by atoms with Crippen LogP contribution < -0.4 is 4.74 Å². The number of nitrogens with zero attached hydrogens (tertiary/aromatic N) is 2. The molecule has 0 fully saturated rings. The van der Waals surface area contributed by atoms with Crippen LogP contribution in [0.1, 0.15) is 10.4 Å². The number of sulfone groups is 1. The van der Waals surface area contributed by atoms with Crippen LogP contribution in [0.25, 0.3) is 0 Å². The average Bonchev–Trinajstić information content (AvgIpc) is 2.84. The van der Waals surface area contributed by atoms with Gasteiger partial charge in [0, 0.05) is 7.05 Å². The Balaban J connectivity index is 2.04. The third-order valence-corrected chi connectivity index (χ3v) is 4.42. The van der Waals surface area contributed by atoms with E-state index in [0.717, 1.165) is 6.07 Å². The minimum absolute atomic E-state index is 0.0304. The molecule has 0 unspecified atom stereocenters. The fraction of sp³-hybridized carbons (Fsp3) is 0.231. The molecule has 2 aromatic rings. The van der Waals surface area contributed by atoms with Crippen molar-refractivity contribution in [3.8, 4) is 5.75 Å². The van der Waals surface area contributed by atoms with Crippen LogP contribution in [0.4, 0.5) is 0 Å². The van der Waals surface area contributed by atoms with E-state index in [4.69, 9.17) is 9.84 Å². The summed E-state index contributed by atoms with van der Waals surface area (Å²) in [6.45, 7) is -0.0364. The Morgan fingerprint density at radius 1 is 1.43 bits per heavy atom. The monoisotopic (exact) mass is 310 g/mol. The second kappa shape index (κ2) is 5.96. The number of ether oxygens (including phenoxy) is 1. The molecule has 7 nitrogen and oxygen atoms in total. The summed E-state index contributed by atoms with van der Waals surface area (Å²) in [5, 5.41) is 12.8. The first-order valence-corrected chi connectivity index (χ1v) is 7.71. The molecule has 0 saturated carbocycles. The van der Waals surface area contributed by atoms with Crippen LogP contribution in [0, 0.1) is 0 Å². The smallest absolute Gasteiger partial charge is 0.335 e. The molecule has 0 amide bonds. The van der Waals surface area contributed by atoms with Crippen LogP contribution in [-0.4, -0.2) is 41.6 Å². The van der Waals surface area contributed by atoms with Crippen molar-refractivity contribution >= 4 is 15.8 Å². The number of benzene rings is 1. The van der Waals surface area contributed by atoms with Gasteiger partial charge >= 0.3 is 5.97 Å². The highest BCUT2D eigenvalue weighted by Crippen LogP contribution is 2.14. The molecule has 0 atom stereocenters. The molecule has 0 spiro atoms. The number of hydrogen-bond acceptors (Lipinski definition) is 5. The lowest BCUT2D eigenvalue weighted by molar-refractivity contribution is 0.0696. The normalized spacial score (nSPS) is 11.3. The van der Waals surface area contributed by atoms with Crippen LogP contribution in [0.15, 0.2) is 41.6 Å². The molecule has 0 aliphatic heterocycles. The van der Waals surface area contributed by atoms with Gasteiger partial charge in [-0.3, -0.25) is 4.68 Å². The highest BCUT2D eigenvalue weighted by Gasteiger charge is 2.16. The topological polar surface area (TPSA) is 98.5 Å². The van der Waals surface area contributed by atoms with Crippen LogP contribution >= 0.6 is 0 Å². The highest BCUT2D eigenvalue weighted by atomic mass is 32.2. The standard InChI is InChI=1S/C13H14N2O5S/c1-15-9-11(8-14-15)20-5-6-21(18,19)12-4-2-3-10(7-12)13(16)17/h2-4,7-9H,5-6H2,1H3,(H,16,17). The first kappa shape index (κ1) is 15.0. The highest BCUT2D eigenvalue weighted by molar-refractivity contribution is 7.91. The van der Waals surface area contributed by atoms with Gasteiger partial charge in [0.05, 0.1) is 28.6 Å². The van der Waals surface area contributed by atoms with Gasteiger partial charge in [-0.2, -0.15) is 5.10 Å². The third-order valence-electron chi connectivity index (χ3n) is 2.74. The zero-order valence-electron chi connectivity index (χ0n) is 11.3. The maximum absolute atomic E-state index is 12.1. The van der Waals surface area contributed by atoms with Crippen molar-refractivity contribution < 1.29 is 23.1 Å². The van der Waals surface area contributed by atoms with Crippen molar-refractivity contribution in [1.82, 2.24) is 9.78 Å². The Morgan fingerprint density at radius 3 is 2.81 bits per heavy atom. The van der Waals surface area contributed by atoms with Gasteiger partial charge in [0.1, 0.15) is 6.61 Å². The van der Waals surface area contributed by atoms with E-state index in [1.807, 2.05) is 0 Å². The Labute approximate surface area is 121 Å². The first-order chi connectivity index (χ1) is 9.88. The van der Waals surface area contributed by atoms with Crippen molar-refractivity contribution in [2.75, 3.05) is 12.4 Å². The SMILES string of the molecule is Cn1cc(OCCS(=O)(=O)c2cccc(C(=O)O)c2)cn1. The van der Waals surface area contributed by atoms with E-state index in [-0.39, 0.29) is 22.8 Å². The number of aromatic carboxylic acids is 1. The summed E-state index contributed by atoms with van der Waals surface area (Å²) in [6.07, 6.45) is 3.11. The van der Waals surface area contributed by atoms with E-state index < -0.39 is 15.8 Å². The van der Waals surface area contributed by atoms with Gasteiger partial charge in [0.25, 0.3) is 0 Å². The van der Waals surface area contributed by atoms with Gasteiger partial charge in [-0.15, -0.1) is 0 Å². The van der Waals surface area contributed by atoms with Crippen molar-refractivity contribution in [2.24, 2.45) is 7.05 Å². The van der Waals surface area contributed by atoms with E-state index in [9.17, 15) is 13.2 Å². The second-order valence-electron chi connectivity index (χ2n) is 4.35. The molecule has 8 heteroatoms. The molecule has 2 rings (SSSR count). The number of aromatic nitrogens is 2. The lowest BCUT2D eigenvalue weighted by Crippen LogP contribution is -2.14. The quantitative estimate of drug-likeness (QED) is 0.853. The molecule has 1 heterocycles. The lowest BCUT2D eigenvalue weighted by Gasteiger charge is -2.06. The fourth-order valence-corrected chi connectivity index (χ4v) is 2.81. The van der Waals surface area contributed by atoms with E-state index in [0.29, 0.717) is 5.75 Å². The molecular formula is C13H14N2O5S. The Hall–Kier alpha value is -2.35. The number of aryl methyl sites for hydroxylation is 1. The van der Waals surface area contributed by atoms with Gasteiger partial charge in [0.2, 0.25) is 0 Å². The minimum atomic E-state index is -3.60. The van der Waals surface area contributed by atoms with Crippen molar-refractivity contribution in [1.29, 1.82) is 0 Å². The third kappa shape index (κ3) is 3.82. The zero-order chi connectivity index (χ0) is 15.5. The van der Waals surface area contributed by atoms with Crippen LogP contribution in [0.5, 0.6) is 5.75 Å². The Kier molecular flexibility index (Phi) is 4.27. The number of carboxylic acid groups (broad SMARTS) is 1. The molecule has 1 N–H and O–H groups in total. The second-order valence-corrected chi connectivity index (χ2v) is 6.46. The molecule has 1 aromatic heterocycles. The van der Waals surface area contributed by atoms with Gasteiger partial charge in [-0.25, -0.2) is 13.2 Å². The fourth-order valence-electron chi connectivity index (χ4n) is 1.68. The number of carboxylic acids is 1. The predicted octanol–water partition coefficient (Wildman–Crippen LogP) is 0.971. The summed E-state index contributed by atoms with van der Waals surface area (Å²) >= 11 is 0. The molecule has 0 radical (unpaired) electrons. The maximum Gasteiger partial charge on any atom is 0.335 e. The van der Waals surface area contributed by atoms with Gasteiger partial charge in [0.15, 0.2) is 15.6 Å². The molecule has 0 bridgehead atoms. The summed E-state index contributed by atoms with van der Waals surface area (Å²) in [6, 6.07) is 5.25. The average molecular weight is 310 g/mol. The molecule has 0 aliphatic carbocycles. The molecule has 1 aromatic carbocycles. The molecular weight excluding hydrogens is 296 g/mol. The van der Waals surface area contributed by atoms with Gasteiger partial charge in [-0.05, 0) is 18.2 Å². The van der Waals surface area contributed by atoms with Gasteiger partial charge in [-0.1, -0.05) is 6.07 Å². The first-order valence-electron chi connectivity index (χ1n) is 6.06. The summed E-state index contributed by atoms with van der Waals surface area (Å²) < 4.78 is 31.0. The van der Waals surface area contributed by atoms with Crippen LogP contribution in [-0.2, 0) is 16.9 Å². The van der Waals surface area contributed by atoms with Crippen molar-refractivity contribution in [3.05, 3.63) is 42.2 Å². The largest absolute Gasteiger partial charge is 0.489 e. The summed E-state index contributed by atoms with van der Waals surface area (Å²) in [7, 11) is -1.87. The van der Waals surface area contributed by atoms with Crippen LogP contribution in [0.3, 0.4) is 0 Å². The summed E-state index contributed by atoms with van der Waals surface area (Å²) in [5.41, 5.74) is -0.0655. The number of carbonyl (C=O) groups is 1. The maximum atomic E-state index is 12.1. The van der Waals surface area contributed by atoms with E-state index in [1.165, 1.54) is 24.4 Å². The van der Waals surface area contributed by atoms with Gasteiger partial charge < -0.3 is 9.84 Å². The van der Waals surface area contributed by atoms with Crippen LogP contribution in [0.2, 0.25) is 0 Å². The predicted molar refractivity (Wildman–Crippen MR) is 74.2 cm³/mol. The Bertz CT molecular complexity index is 751. The summed E-state index contributed by atoms with van der Waals surface area (Å²) in [4.78, 5) is 10.8. The molecule has 112 valence electrons.